The largest absolute Gasteiger partial charge is 0.481 e. The van der Waals surface area contributed by atoms with E-state index in [4.69, 9.17) is 4.74 Å². The normalized spacial score (nSPS) is 27.7. The van der Waals surface area contributed by atoms with Crippen LogP contribution < -0.4 is 5.32 Å². The molecule has 1 heterocycles. The van der Waals surface area contributed by atoms with E-state index in [-0.39, 0.29) is 18.4 Å². The van der Waals surface area contributed by atoms with Crippen molar-refractivity contribution in [1.29, 1.82) is 0 Å². The van der Waals surface area contributed by atoms with Gasteiger partial charge in [-0.1, -0.05) is 30.3 Å². The maximum Gasteiger partial charge on any atom is 0.311 e. The molecule has 0 aliphatic carbocycles. The van der Waals surface area contributed by atoms with Gasteiger partial charge < -0.3 is 15.2 Å². The topological polar surface area (TPSA) is 75.6 Å². The van der Waals surface area contributed by atoms with Crippen molar-refractivity contribution in [3.63, 3.8) is 0 Å². The van der Waals surface area contributed by atoms with E-state index in [1.54, 1.807) is 6.92 Å². The molecule has 5 nitrogen and oxygen atoms in total. The maximum atomic E-state index is 11.5. The van der Waals surface area contributed by atoms with Crippen molar-refractivity contribution < 1.29 is 19.4 Å². The van der Waals surface area contributed by atoms with Crippen LogP contribution in [0.2, 0.25) is 0 Å². The molecule has 1 aromatic rings. The first kappa shape index (κ1) is 14.5. The standard InChI is InChI=1S/C15H19NO4/c1-9(11-6-4-3-5-7-11)16-12-8-13(17)20-10(2)14(12)15(18)19/h3-7,9-10,12,14,16H,8H2,1-2H3,(H,18,19)/t9-,10-,12+,14+/m1/s1. The van der Waals surface area contributed by atoms with E-state index in [0.717, 1.165) is 5.56 Å². The second-order valence-corrected chi connectivity index (χ2v) is 5.17. The molecule has 2 rings (SSSR count). The first-order valence-corrected chi connectivity index (χ1v) is 6.72. The van der Waals surface area contributed by atoms with E-state index in [1.165, 1.54) is 0 Å². The number of ether oxygens (including phenoxy) is 1. The van der Waals surface area contributed by atoms with E-state index >= 15 is 0 Å². The Bertz CT molecular complexity index is 488. The Labute approximate surface area is 117 Å². The summed E-state index contributed by atoms with van der Waals surface area (Å²) in [4.78, 5) is 22.9. The van der Waals surface area contributed by atoms with Gasteiger partial charge in [0.25, 0.3) is 0 Å². The van der Waals surface area contributed by atoms with Crippen molar-refractivity contribution in [2.24, 2.45) is 5.92 Å². The van der Waals surface area contributed by atoms with Gasteiger partial charge in [-0.15, -0.1) is 0 Å². The second-order valence-electron chi connectivity index (χ2n) is 5.17. The zero-order valence-corrected chi connectivity index (χ0v) is 11.6. The molecular formula is C15H19NO4. The van der Waals surface area contributed by atoms with E-state index < -0.39 is 24.0 Å². The molecule has 4 atom stereocenters. The van der Waals surface area contributed by atoms with Crippen LogP contribution in [-0.2, 0) is 14.3 Å². The lowest BCUT2D eigenvalue weighted by molar-refractivity contribution is -0.167. The molecule has 2 N–H and O–H groups in total. The van der Waals surface area contributed by atoms with Crippen molar-refractivity contribution >= 4 is 11.9 Å². The number of nitrogens with one attached hydrogen (secondary N) is 1. The summed E-state index contributed by atoms with van der Waals surface area (Å²) in [5.41, 5.74) is 1.06. The SMILES string of the molecule is C[C@@H](N[C@H]1CC(=O)O[C@H](C)[C@@H]1C(=O)O)c1ccccc1. The summed E-state index contributed by atoms with van der Waals surface area (Å²) < 4.78 is 5.02. The lowest BCUT2D eigenvalue weighted by Gasteiger charge is -2.35. The lowest BCUT2D eigenvalue weighted by atomic mass is 9.88. The fraction of sp³-hybridized carbons (Fsp3) is 0.467. The highest BCUT2D eigenvalue weighted by atomic mass is 16.5. The number of hydrogen-bond donors (Lipinski definition) is 2. The quantitative estimate of drug-likeness (QED) is 0.820. The average molecular weight is 277 g/mol. The van der Waals surface area contributed by atoms with E-state index in [9.17, 15) is 14.7 Å². The Morgan fingerprint density at radius 1 is 1.40 bits per heavy atom. The first-order chi connectivity index (χ1) is 9.49. The van der Waals surface area contributed by atoms with Crippen molar-refractivity contribution in [2.75, 3.05) is 0 Å². The number of carbonyl (C=O) groups excluding carboxylic acids is 1. The molecule has 0 saturated carbocycles. The van der Waals surface area contributed by atoms with Crippen LogP contribution in [0, 0.1) is 5.92 Å². The first-order valence-electron chi connectivity index (χ1n) is 6.72. The summed E-state index contributed by atoms with van der Waals surface area (Å²) in [6, 6.07) is 9.28. The van der Waals surface area contributed by atoms with Crippen LogP contribution in [0.1, 0.15) is 31.9 Å². The summed E-state index contributed by atoms with van der Waals surface area (Å²) >= 11 is 0. The van der Waals surface area contributed by atoms with Gasteiger partial charge in [0.2, 0.25) is 0 Å². The van der Waals surface area contributed by atoms with Gasteiger partial charge in [0.1, 0.15) is 12.0 Å². The fourth-order valence-electron chi connectivity index (χ4n) is 2.66. The number of aliphatic carboxylic acids is 1. The van der Waals surface area contributed by atoms with Crippen LogP contribution in [0.25, 0.3) is 0 Å². The van der Waals surface area contributed by atoms with Crippen LogP contribution in [0.3, 0.4) is 0 Å². The Morgan fingerprint density at radius 2 is 2.05 bits per heavy atom. The summed E-state index contributed by atoms with van der Waals surface area (Å²) in [6.07, 6.45) is -0.535. The van der Waals surface area contributed by atoms with Gasteiger partial charge in [-0.3, -0.25) is 9.59 Å². The van der Waals surface area contributed by atoms with Gasteiger partial charge in [-0.2, -0.15) is 0 Å². The van der Waals surface area contributed by atoms with E-state index in [2.05, 4.69) is 5.32 Å². The van der Waals surface area contributed by atoms with Gasteiger partial charge in [0, 0.05) is 12.1 Å². The molecule has 1 aliphatic rings. The van der Waals surface area contributed by atoms with Crippen molar-refractivity contribution in [3.05, 3.63) is 35.9 Å². The molecule has 0 aromatic heterocycles. The van der Waals surface area contributed by atoms with Gasteiger partial charge in [-0.05, 0) is 19.4 Å². The molecule has 5 heteroatoms. The number of rotatable bonds is 4. The highest BCUT2D eigenvalue weighted by Crippen LogP contribution is 2.25. The number of carboxylic acids is 1. The van der Waals surface area contributed by atoms with E-state index in [0.29, 0.717) is 0 Å². The molecule has 108 valence electrons. The van der Waals surface area contributed by atoms with Gasteiger partial charge in [-0.25, -0.2) is 0 Å². The summed E-state index contributed by atoms with van der Waals surface area (Å²) in [5, 5.41) is 12.6. The Kier molecular flexibility index (Phi) is 4.39. The zero-order valence-electron chi connectivity index (χ0n) is 11.6. The van der Waals surface area contributed by atoms with Gasteiger partial charge in [0.15, 0.2) is 0 Å². The van der Waals surface area contributed by atoms with Gasteiger partial charge >= 0.3 is 11.9 Å². The molecular weight excluding hydrogens is 258 g/mol. The lowest BCUT2D eigenvalue weighted by Crippen LogP contribution is -2.52. The summed E-state index contributed by atoms with van der Waals surface area (Å²) in [6.45, 7) is 3.58. The van der Waals surface area contributed by atoms with Crippen LogP contribution in [0.4, 0.5) is 0 Å². The minimum Gasteiger partial charge on any atom is -0.481 e. The van der Waals surface area contributed by atoms with Crippen LogP contribution in [0.15, 0.2) is 30.3 Å². The smallest absolute Gasteiger partial charge is 0.311 e. The van der Waals surface area contributed by atoms with Crippen LogP contribution in [-0.4, -0.2) is 29.2 Å². The fourth-order valence-corrected chi connectivity index (χ4v) is 2.66. The Balaban J connectivity index is 2.12. The minimum absolute atomic E-state index is 0.0267. The highest BCUT2D eigenvalue weighted by molar-refractivity contribution is 5.78. The monoisotopic (exact) mass is 277 g/mol. The Morgan fingerprint density at radius 3 is 2.65 bits per heavy atom. The third-order valence-corrected chi connectivity index (χ3v) is 3.69. The van der Waals surface area contributed by atoms with Crippen LogP contribution >= 0.6 is 0 Å². The summed E-state index contributed by atoms with van der Waals surface area (Å²) in [5.74, 6) is -2.02. The molecule has 1 aromatic carbocycles. The number of carbonyl (C=O) groups is 2. The van der Waals surface area contributed by atoms with Gasteiger partial charge in [0.05, 0.1) is 6.42 Å². The number of hydrogen-bond acceptors (Lipinski definition) is 4. The molecule has 0 radical (unpaired) electrons. The molecule has 1 fully saturated rings. The molecule has 0 spiro atoms. The molecule has 0 amide bonds. The third kappa shape index (κ3) is 3.17. The predicted molar refractivity (Wildman–Crippen MR) is 73.1 cm³/mol. The van der Waals surface area contributed by atoms with Crippen molar-refractivity contribution in [1.82, 2.24) is 5.32 Å². The van der Waals surface area contributed by atoms with Crippen LogP contribution in [0.5, 0.6) is 0 Å². The third-order valence-electron chi connectivity index (χ3n) is 3.69. The average Bonchev–Trinajstić information content (AvgIpc) is 2.38. The minimum atomic E-state index is -0.942. The number of cyclic esters (lactones) is 1. The zero-order chi connectivity index (χ0) is 14.7. The number of carboxylic acid groups (broad SMARTS) is 1. The van der Waals surface area contributed by atoms with Crippen molar-refractivity contribution in [3.8, 4) is 0 Å². The van der Waals surface area contributed by atoms with E-state index in [1.807, 2.05) is 37.3 Å². The maximum absolute atomic E-state index is 11.5. The van der Waals surface area contributed by atoms with Crippen molar-refractivity contribution in [2.45, 2.75) is 38.5 Å². The molecule has 0 bridgehead atoms. The molecule has 0 unspecified atom stereocenters. The molecule has 1 aliphatic heterocycles. The number of esters is 1. The highest BCUT2D eigenvalue weighted by Gasteiger charge is 2.41. The Hall–Kier alpha value is -1.88. The second kappa shape index (κ2) is 6.05. The number of benzene rings is 1. The summed E-state index contributed by atoms with van der Waals surface area (Å²) in [7, 11) is 0. The molecule has 1 saturated heterocycles. The predicted octanol–water partition coefficient (Wildman–Crippen LogP) is 1.74. The molecule has 20 heavy (non-hydrogen) atoms.